The highest BCUT2D eigenvalue weighted by molar-refractivity contribution is 7.92. The number of halogens is 3. The van der Waals surface area contributed by atoms with Crippen LogP contribution in [0, 0.1) is 0 Å². The van der Waals surface area contributed by atoms with Crippen LogP contribution in [0.25, 0.3) is 0 Å². The lowest BCUT2D eigenvalue weighted by Crippen LogP contribution is -2.32. The van der Waals surface area contributed by atoms with Crippen LogP contribution >= 0.6 is 0 Å². The zero-order chi connectivity index (χ0) is 22.7. The molecule has 0 aliphatic heterocycles. The number of sulfonamides is 1. The highest BCUT2D eigenvalue weighted by Crippen LogP contribution is 2.34. The first kappa shape index (κ1) is 23.6. The zero-order valence-corrected chi connectivity index (χ0v) is 18.6. The van der Waals surface area contributed by atoms with E-state index in [1.54, 1.807) is 25.1 Å². The smallest absolute Gasteiger partial charge is 0.371 e. The molecule has 1 saturated carbocycles. The average molecular weight is 456 g/mol. The molecule has 0 atom stereocenters. The van der Waals surface area contributed by atoms with Crippen molar-refractivity contribution in [3.8, 4) is 0 Å². The molecule has 0 N–H and O–H groups in total. The van der Waals surface area contributed by atoms with E-state index in [0.717, 1.165) is 47.7 Å². The van der Waals surface area contributed by atoms with E-state index in [0.29, 0.717) is 18.4 Å². The topological polar surface area (TPSA) is 46.6 Å². The molecule has 4 nitrogen and oxygen atoms in total. The summed E-state index contributed by atoms with van der Waals surface area (Å²) in [6.07, 6.45) is 0.864. The standard InChI is InChI=1S/C23H28F3NO3S/c1-3-27(31(28,29)21-12-8-10-19(16-21)23(24,25)26)20-11-7-9-18(15-20)17-30-22(2)13-5-4-6-14-22/h7-12,15-16H,3-6,13-14,17H2,1-2H3. The van der Waals surface area contributed by atoms with Gasteiger partial charge in [0.25, 0.3) is 10.0 Å². The van der Waals surface area contributed by atoms with Gasteiger partial charge in [-0.05, 0) is 62.6 Å². The number of hydrogen-bond acceptors (Lipinski definition) is 3. The minimum atomic E-state index is -4.62. The summed E-state index contributed by atoms with van der Waals surface area (Å²) < 4.78 is 72.7. The minimum Gasteiger partial charge on any atom is -0.371 e. The maximum atomic E-state index is 13.1. The van der Waals surface area contributed by atoms with Crippen LogP contribution in [0.4, 0.5) is 18.9 Å². The van der Waals surface area contributed by atoms with Crippen molar-refractivity contribution in [1.29, 1.82) is 0 Å². The molecule has 0 radical (unpaired) electrons. The molecule has 0 aromatic heterocycles. The number of anilines is 1. The van der Waals surface area contributed by atoms with E-state index in [1.807, 2.05) is 6.07 Å². The lowest BCUT2D eigenvalue weighted by molar-refractivity contribution is -0.137. The first-order valence-electron chi connectivity index (χ1n) is 10.5. The van der Waals surface area contributed by atoms with Gasteiger partial charge in [0.15, 0.2) is 0 Å². The third kappa shape index (κ3) is 5.60. The summed E-state index contributed by atoms with van der Waals surface area (Å²) in [5.74, 6) is 0. The second-order valence-electron chi connectivity index (χ2n) is 8.16. The third-order valence-corrected chi connectivity index (χ3v) is 7.63. The minimum absolute atomic E-state index is 0.0839. The molecular formula is C23H28F3NO3S. The third-order valence-electron chi connectivity index (χ3n) is 5.73. The van der Waals surface area contributed by atoms with E-state index < -0.39 is 21.8 Å². The average Bonchev–Trinajstić information content (AvgIpc) is 2.73. The monoisotopic (exact) mass is 455 g/mol. The highest BCUT2D eigenvalue weighted by atomic mass is 32.2. The van der Waals surface area contributed by atoms with Gasteiger partial charge in [0.1, 0.15) is 0 Å². The van der Waals surface area contributed by atoms with Crippen LogP contribution in [0.15, 0.2) is 53.4 Å². The summed E-state index contributed by atoms with van der Waals surface area (Å²) in [6.45, 7) is 4.19. The van der Waals surface area contributed by atoms with E-state index in [-0.39, 0.29) is 17.0 Å². The zero-order valence-electron chi connectivity index (χ0n) is 17.8. The van der Waals surface area contributed by atoms with Crippen molar-refractivity contribution < 1.29 is 26.3 Å². The molecule has 31 heavy (non-hydrogen) atoms. The van der Waals surface area contributed by atoms with Gasteiger partial charge in [-0.3, -0.25) is 4.31 Å². The van der Waals surface area contributed by atoms with E-state index in [2.05, 4.69) is 6.92 Å². The maximum Gasteiger partial charge on any atom is 0.416 e. The van der Waals surface area contributed by atoms with Crippen molar-refractivity contribution in [1.82, 2.24) is 0 Å². The summed E-state index contributed by atoms with van der Waals surface area (Å²) in [5, 5.41) is 0. The molecule has 0 bridgehead atoms. The Morgan fingerprint density at radius 1 is 1.03 bits per heavy atom. The summed E-state index contributed by atoms with van der Waals surface area (Å²) in [4.78, 5) is -0.388. The molecular weight excluding hydrogens is 427 g/mol. The van der Waals surface area contributed by atoms with E-state index >= 15 is 0 Å². The van der Waals surface area contributed by atoms with Gasteiger partial charge in [0.05, 0.1) is 28.4 Å². The van der Waals surface area contributed by atoms with E-state index in [1.165, 1.54) is 12.5 Å². The number of ether oxygens (including phenoxy) is 1. The lowest BCUT2D eigenvalue weighted by atomic mass is 9.86. The van der Waals surface area contributed by atoms with Crippen molar-refractivity contribution in [3.63, 3.8) is 0 Å². The molecule has 0 spiro atoms. The molecule has 2 aromatic carbocycles. The molecule has 0 unspecified atom stereocenters. The van der Waals surface area contributed by atoms with Gasteiger partial charge in [0, 0.05) is 6.54 Å². The van der Waals surface area contributed by atoms with Crippen molar-refractivity contribution in [2.24, 2.45) is 0 Å². The molecule has 0 amide bonds. The second kappa shape index (κ2) is 9.20. The Balaban J connectivity index is 1.84. The van der Waals surface area contributed by atoms with Crippen LogP contribution < -0.4 is 4.31 Å². The molecule has 2 aromatic rings. The van der Waals surface area contributed by atoms with Gasteiger partial charge >= 0.3 is 6.18 Å². The van der Waals surface area contributed by atoms with Crippen molar-refractivity contribution >= 4 is 15.7 Å². The van der Waals surface area contributed by atoms with Gasteiger partial charge in [-0.15, -0.1) is 0 Å². The fourth-order valence-corrected chi connectivity index (χ4v) is 5.47. The van der Waals surface area contributed by atoms with Crippen LogP contribution in [0.1, 0.15) is 57.1 Å². The molecule has 0 heterocycles. The summed E-state index contributed by atoms with van der Waals surface area (Å²) >= 11 is 0. The summed E-state index contributed by atoms with van der Waals surface area (Å²) in [5.41, 5.74) is 0.0484. The van der Waals surface area contributed by atoms with Crippen molar-refractivity contribution in [2.45, 2.75) is 69.2 Å². The van der Waals surface area contributed by atoms with E-state index in [9.17, 15) is 21.6 Å². The predicted octanol–water partition coefficient (Wildman–Crippen LogP) is 6.16. The molecule has 1 aliphatic carbocycles. The normalized spacial score (nSPS) is 16.8. The molecule has 0 saturated heterocycles. The molecule has 170 valence electrons. The molecule has 3 rings (SSSR count). The first-order chi connectivity index (χ1) is 14.5. The Hall–Kier alpha value is -2.06. The Morgan fingerprint density at radius 2 is 1.71 bits per heavy atom. The fraction of sp³-hybridized carbons (Fsp3) is 0.478. The summed E-state index contributed by atoms with van der Waals surface area (Å²) in [7, 11) is -4.16. The number of nitrogens with zero attached hydrogens (tertiary/aromatic N) is 1. The van der Waals surface area contributed by atoms with Gasteiger partial charge in [0.2, 0.25) is 0 Å². The molecule has 1 fully saturated rings. The van der Waals surface area contributed by atoms with Crippen molar-refractivity contribution in [2.75, 3.05) is 10.8 Å². The number of hydrogen-bond donors (Lipinski definition) is 0. The van der Waals surface area contributed by atoms with E-state index in [4.69, 9.17) is 4.74 Å². The fourth-order valence-electron chi connectivity index (χ4n) is 3.95. The van der Waals surface area contributed by atoms with Gasteiger partial charge in [-0.2, -0.15) is 13.2 Å². The second-order valence-corrected chi connectivity index (χ2v) is 10.0. The molecule has 1 aliphatic rings. The Labute approximate surface area is 182 Å². The van der Waals surface area contributed by atoms with Gasteiger partial charge < -0.3 is 4.74 Å². The Morgan fingerprint density at radius 3 is 2.35 bits per heavy atom. The van der Waals surface area contributed by atoms with Gasteiger partial charge in [-0.25, -0.2) is 8.42 Å². The van der Waals surface area contributed by atoms with Crippen LogP contribution in [0.2, 0.25) is 0 Å². The van der Waals surface area contributed by atoms with Gasteiger partial charge in [-0.1, -0.05) is 37.5 Å². The SMILES string of the molecule is CCN(c1cccc(COC2(C)CCCCC2)c1)S(=O)(=O)c1cccc(C(F)(F)F)c1. The quantitative estimate of drug-likeness (QED) is 0.502. The van der Waals surface area contributed by atoms with Crippen molar-refractivity contribution in [3.05, 3.63) is 59.7 Å². The summed E-state index contributed by atoms with van der Waals surface area (Å²) in [6, 6.07) is 10.8. The molecule has 8 heteroatoms. The number of benzene rings is 2. The largest absolute Gasteiger partial charge is 0.416 e. The first-order valence-corrected chi connectivity index (χ1v) is 11.9. The van der Waals surface area contributed by atoms with Crippen LogP contribution in [-0.2, 0) is 27.5 Å². The lowest BCUT2D eigenvalue weighted by Gasteiger charge is -2.33. The highest BCUT2D eigenvalue weighted by Gasteiger charge is 2.33. The van der Waals surface area contributed by atoms with Crippen LogP contribution in [0.3, 0.4) is 0 Å². The number of rotatable bonds is 7. The maximum absolute atomic E-state index is 13.1. The van der Waals surface area contributed by atoms with Crippen LogP contribution in [-0.4, -0.2) is 20.6 Å². The predicted molar refractivity (Wildman–Crippen MR) is 114 cm³/mol. The Kier molecular flexibility index (Phi) is 7.01. The number of alkyl halides is 3. The van der Waals surface area contributed by atoms with Crippen LogP contribution in [0.5, 0.6) is 0 Å². The Bertz CT molecular complexity index is 999.